The van der Waals surface area contributed by atoms with Crippen LogP contribution in [0.4, 0.5) is 5.00 Å². The largest absolute Gasteiger partial charge is 0.451 e. The Morgan fingerprint density at radius 1 is 1.17 bits per heavy atom. The van der Waals surface area contributed by atoms with E-state index in [4.69, 9.17) is 10.5 Å². The minimum absolute atomic E-state index is 0.158. The number of nitrogens with zero attached hydrogens (tertiary/aromatic N) is 1. The summed E-state index contributed by atoms with van der Waals surface area (Å²) in [6.07, 6.45) is 1.88. The standard InChI is InChI=1S/C19H23N3O6S/c1-9(22-17(25)11-5-3-4-6-12(11)18(22)26)19(27)28-10(2)15(24)21-16-13(14(20)23)7-8-29-16/h7-12H,3-6H2,1-2H3,(H2,20,23)(H,21,24)/t9-,10?,11?,12?/m0/s1. The van der Waals surface area contributed by atoms with Gasteiger partial charge in [0.05, 0.1) is 17.4 Å². The quantitative estimate of drug-likeness (QED) is 0.525. The van der Waals surface area contributed by atoms with Gasteiger partial charge in [0.25, 0.3) is 11.8 Å². The van der Waals surface area contributed by atoms with Crippen LogP contribution in [0.2, 0.25) is 0 Å². The van der Waals surface area contributed by atoms with Crippen molar-refractivity contribution in [3.63, 3.8) is 0 Å². The molecule has 1 aliphatic carbocycles. The van der Waals surface area contributed by atoms with E-state index in [1.807, 2.05) is 0 Å². The van der Waals surface area contributed by atoms with Gasteiger partial charge in [-0.25, -0.2) is 4.79 Å². The summed E-state index contributed by atoms with van der Waals surface area (Å²) in [6.45, 7) is 2.79. The summed E-state index contributed by atoms with van der Waals surface area (Å²) in [5.41, 5.74) is 5.40. The van der Waals surface area contributed by atoms with E-state index in [-0.39, 0.29) is 34.2 Å². The van der Waals surface area contributed by atoms with E-state index < -0.39 is 29.9 Å². The Hall–Kier alpha value is -2.75. The number of anilines is 1. The molecule has 1 aromatic heterocycles. The zero-order valence-corrected chi connectivity index (χ0v) is 17.0. The molecule has 3 N–H and O–H groups in total. The number of rotatable bonds is 6. The molecule has 1 aliphatic heterocycles. The van der Waals surface area contributed by atoms with Crippen molar-refractivity contribution < 1.29 is 28.7 Å². The summed E-state index contributed by atoms with van der Waals surface area (Å²) in [6, 6.07) is 0.365. The first kappa shape index (κ1) is 21.0. The van der Waals surface area contributed by atoms with Crippen LogP contribution >= 0.6 is 11.3 Å². The van der Waals surface area contributed by atoms with Crippen molar-refractivity contribution in [2.45, 2.75) is 51.7 Å². The number of nitrogens with two attached hydrogens (primary N) is 1. The molecule has 0 bridgehead atoms. The van der Waals surface area contributed by atoms with Crippen molar-refractivity contribution in [1.82, 2.24) is 4.90 Å². The Morgan fingerprint density at radius 3 is 2.31 bits per heavy atom. The van der Waals surface area contributed by atoms with E-state index in [1.54, 1.807) is 5.38 Å². The van der Waals surface area contributed by atoms with Crippen LogP contribution in [0.3, 0.4) is 0 Å². The highest BCUT2D eigenvalue weighted by Gasteiger charge is 2.51. The molecule has 2 fully saturated rings. The van der Waals surface area contributed by atoms with Gasteiger partial charge in [0.1, 0.15) is 11.0 Å². The molecule has 0 spiro atoms. The van der Waals surface area contributed by atoms with Crippen molar-refractivity contribution in [3.8, 4) is 0 Å². The van der Waals surface area contributed by atoms with E-state index in [9.17, 15) is 24.0 Å². The van der Waals surface area contributed by atoms with E-state index in [0.717, 1.165) is 29.1 Å². The number of carbonyl (C=O) groups is 5. The lowest BCUT2D eigenvalue weighted by atomic mass is 9.81. The first-order chi connectivity index (χ1) is 13.7. The minimum Gasteiger partial charge on any atom is -0.451 e. The van der Waals surface area contributed by atoms with Crippen LogP contribution in [-0.4, -0.2) is 46.6 Å². The van der Waals surface area contributed by atoms with Crippen LogP contribution in [0.1, 0.15) is 49.9 Å². The molecule has 1 saturated heterocycles. The van der Waals surface area contributed by atoms with Gasteiger partial charge in [0.15, 0.2) is 6.10 Å². The van der Waals surface area contributed by atoms with Gasteiger partial charge < -0.3 is 15.8 Å². The molecule has 4 amide bonds. The maximum absolute atomic E-state index is 12.6. The van der Waals surface area contributed by atoms with Crippen molar-refractivity contribution in [2.24, 2.45) is 17.6 Å². The molecule has 9 nitrogen and oxygen atoms in total. The highest BCUT2D eigenvalue weighted by molar-refractivity contribution is 7.14. The van der Waals surface area contributed by atoms with Gasteiger partial charge in [-0.3, -0.25) is 24.1 Å². The molecule has 1 saturated carbocycles. The van der Waals surface area contributed by atoms with Gasteiger partial charge in [-0.15, -0.1) is 11.3 Å². The molecule has 3 unspecified atom stereocenters. The zero-order valence-electron chi connectivity index (χ0n) is 16.2. The number of imide groups is 1. The number of nitrogens with one attached hydrogen (secondary N) is 1. The Kier molecular flexibility index (Phi) is 6.02. The fourth-order valence-electron chi connectivity index (χ4n) is 3.81. The van der Waals surface area contributed by atoms with E-state index >= 15 is 0 Å². The first-order valence-electron chi connectivity index (χ1n) is 9.48. The smallest absolute Gasteiger partial charge is 0.329 e. The molecule has 2 heterocycles. The number of ether oxygens (including phenoxy) is 1. The molecule has 3 rings (SSSR count). The monoisotopic (exact) mass is 421 g/mol. The van der Waals surface area contributed by atoms with Gasteiger partial charge in [-0.2, -0.15) is 0 Å². The van der Waals surface area contributed by atoms with E-state index in [2.05, 4.69) is 5.32 Å². The van der Waals surface area contributed by atoms with Crippen LogP contribution in [0.15, 0.2) is 11.4 Å². The van der Waals surface area contributed by atoms with Gasteiger partial charge >= 0.3 is 5.97 Å². The minimum atomic E-state index is -1.19. The van der Waals surface area contributed by atoms with Crippen molar-refractivity contribution in [3.05, 3.63) is 17.0 Å². The summed E-state index contributed by atoms with van der Waals surface area (Å²) in [5, 5.41) is 4.35. The SMILES string of the molecule is CC(OC(=O)[C@H](C)N1C(=O)C2CCCCC2C1=O)C(=O)Nc1sccc1C(N)=O. The Morgan fingerprint density at radius 2 is 1.76 bits per heavy atom. The molecule has 10 heteroatoms. The molecule has 1 aromatic rings. The molecule has 0 aromatic carbocycles. The number of primary amides is 1. The van der Waals surface area contributed by atoms with Crippen molar-refractivity contribution in [1.29, 1.82) is 0 Å². The Labute approximate surface area is 171 Å². The third-order valence-electron chi connectivity index (χ3n) is 5.43. The van der Waals surface area contributed by atoms with Gasteiger partial charge in [0.2, 0.25) is 11.8 Å². The van der Waals surface area contributed by atoms with Crippen LogP contribution in [0.5, 0.6) is 0 Å². The topological polar surface area (TPSA) is 136 Å². The molecule has 2 aliphatic rings. The second kappa shape index (κ2) is 8.32. The van der Waals surface area contributed by atoms with E-state index in [1.165, 1.54) is 19.9 Å². The number of esters is 1. The van der Waals surface area contributed by atoms with Gasteiger partial charge in [-0.1, -0.05) is 12.8 Å². The van der Waals surface area contributed by atoms with Crippen LogP contribution < -0.4 is 11.1 Å². The number of thiophene rings is 1. The lowest BCUT2D eigenvalue weighted by Crippen LogP contribution is -2.46. The molecule has 156 valence electrons. The van der Waals surface area contributed by atoms with Crippen molar-refractivity contribution >= 4 is 45.9 Å². The van der Waals surface area contributed by atoms with Crippen LogP contribution in [-0.2, 0) is 23.9 Å². The summed E-state index contributed by atoms with van der Waals surface area (Å²) in [5.74, 6) is -3.58. The maximum atomic E-state index is 12.6. The molecule has 0 radical (unpaired) electrons. The average Bonchev–Trinajstić information content (AvgIpc) is 3.24. The predicted octanol–water partition coefficient (Wildman–Crippen LogP) is 1.28. The second-order valence-corrected chi connectivity index (χ2v) is 8.23. The summed E-state index contributed by atoms with van der Waals surface area (Å²) >= 11 is 1.11. The third-order valence-corrected chi connectivity index (χ3v) is 6.26. The lowest BCUT2D eigenvalue weighted by Gasteiger charge is -2.23. The summed E-state index contributed by atoms with van der Waals surface area (Å²) < 4.78 is 5.18. The number of hydrogen-bond acceptors (Lipinski definition) is 7. The van der Waals surface area contributed by atoms with Crippen LogP contribution in [0, 0.1) is 11.8 Å². The van der Waals surface area contributed by atoms with Crippen molar-refractivity contribution in [2.75, 3.05) is 5.32 Å². The summed E-state index contributed by atoms with van der Waals surface area (Å²) in [4.78, 5) is 62.3. The number of fused-ring (bicyclic) bond motifs is 1. The number of carbonyl (C=O) groups excluding carboxylic acids is 5. The van der Waals surface area contributed by atoms with Gasteiger partial charge in [-0.05, 0) is 38.1 Å². The number of hydrogen-bond donors (Lipinski definition) is 2. The Bertz CT molecular complexity index is 842. The molecule has 4 atom stereocenters. The Balaban J connectivity index is 1.62. The predicted molar refractivity (Wildman–Crippen MR) is 104 cm³/mol. The summed E-state index contributed by atoms with van der Waals surface area (Å²) in [7, 11) is 0. The van der Waals surface area contributed by atoms with E-state index in [0.29, 0.717) is 12.8 Å². The zero-order chi connectivity index (χ0) is 21.3. The third kappa shape index (κ3) is 4.02. The molecular weight excluding hydrogens is 398 g/mol. The fourth-order valence-corrected chi connectivity index (χ4v) is 4.61. The highest BCUT2D eigenvalue weighted by Crippen LogP contribution is 2.39. The van der Waals surface area contributed by atoms with Gasteiger partial charge in [0, 0.05) is 0 Å². The number of likely N-dealkylation sites (tertiary alicyclic amines) is 1. The van der Waals surface area contributed by atoms with Crippen LogP contribution in [0.25, 0.3) is 0 Å². The average molecular weight is 421 g/mol. The fraction of sp³-hybridized carbons (Fsp3) is 0.526. The lowest BCUT2D eigenvalue weighted by molar-refractivity contribution is -0.163. The maximum Gasteiger partial charge on any atom is 0.329 e. The molecule has 29 heavy (non-hydrogen) atoms. The first-order valence-corrected chi connectivity index (χ1v) is 10.4. The number of amides is 4. The highest BCUT2D eigenvalue weighted by atomic mass is 32.1. The second-order valence-electron chi connectivity index (χ2n) is 7.32. The normalized spacial score (nSPS) is 23.3. The molecular formula is C19H23N3O6S.